The number of nitrogens with one attached hydrogen (secondary N) is 1. The number of nitrogens with zero attached hydrogens (tertiary/aromatic N) is 3. The number of likely N-dealkylation sites (tertiary alicyclic amines) is 1. The molecule has 2 saturated heterocycles. The van der Waals surface area contributed by atoms with E-state index in [0.717, 1.165) is 25.7 Å². The molecule has 1 aliphatic carbocycles. The zero-order valence-corrected chi connectivity index (χ0v) is 13.7. The molecule has 0 bridgehead atoms. The van der Waals surface area contributed by atoms with Crippen molar-refractivity contribution in [3.8, 4) is 0 Å². The third kappa shape index (κ3) is 3.09. The van der Waals surface area contributed by atoms with Gasteiger partial charge in [-0.25, -0.2) is 14.4 Å². The van der Waals surface area contributed by atoms with Gasteiger partial charge in [-0.1, -0.05) is 0 Å². The van der Waals surface area contributed by atoms with E-state index in [0.29, 0.717) is 38.5 Å². The van der Waals surface area contributed by atoms with Gasteiger partial charge in [-0.3, -0.25) is 4.79 Å². The quantitative estimate of drug-likeness (QED) is 0.915. The summed E-state index contributed by atoms with van der Waals surface area (Å²) in [6.45, 7) is 1.85. The average Bonchev–Trinajstić information content (AvgIpc) is 3.35. The second-order valence-corrected chi connectivity index (χ2v) is 7.20. The van der Waals surface area contributed by atoms with Crippen LogP contribution in [0.15, 0.2) is 18.5 Å². The fourth-order valence-corrected chi connectivity index (χ4v) is 3.78. The van der Waals surface area contributed by atoms with E-state index < -0.39 is 5.67 Å². The maximum Gasteiger partial charge on any atom is 0.260 e. The lowest BCUT2D eigenvalue weighted by Gasteiger charge is -2.46. The van der Waals surface area contributed by atoms with Crippen molar-refractivity contribution in [2.24, 2.45) is 0 Å². The van der Waals surface area contributed by atoms with Gasteiger partial charge in [0.2, 0.25) is 5.95 Å². The Bertz CT molecular complexity index is 600. The Morgan fingerprint density at radius 2 is 1.96 bits per heavy atom. The van der Waals surface area contributed by atoms with Crippen LogP contribution in [0.3, 0.4) is 0 Å². The number of ether oxygens (including phenoxy) is 1. The predicted molar refractivity (Wildman–Crippen MR) is 86.2 cm³/mol. The summed E-state index contributed by atoms with van der Waals surface area (Å²) in [4.78, 5) is 22.3. The number of halogens is 1. The lowest BCUT2D eigenvalue weighted by molar-refractivity contribution is -0.149. The van der Waals surface area contributed by atoms with Crippen molar-refractivity contribution in [2.75, 3.05) is 25.0 Å². The molecule has 130 valence electrons. The summed E-state index contributed by atoms with van der Waals surface area (Å²) < 4.78 is 20.1. The fraction of sp³-hybridized carbons (Fsp3) is 0.706. The molecule has 1 amide bonds. The highest BCUT2D eigenvalue weighted by molar-refractivity contribution is 5.88. The van der Waals surface area contributed by atoms with Gasteiger partial charge in [0.1, 0.15) is 0 Å². The van der Waals surface area contributed by atoms with E-state index in [2.05, 4.69) is 15.3 Å². The standard InChI is InChI=1S/C17H23FN4O2/c18-17(3-4-17)14(23)22-9-5-16(6-10-22)12-13(2-11-24-16)21-15-19-7-1-8-20-15/h1,7-8,13H,2-6,9-12H2,(H,19,20,21). The van der Waals surface area contributed by atoms with Crippen LogP contribution < -0.4 is 5.32 Å². The Balaban J connectivity index is 1.35. The van der Waals surface area contributed by atoms with Crippen molar-refractivity contribution in [1.82, 2.24) is 14.9 Å². The summed E-state index contributed by atoms with van der Waals surface area (Å²) in [5.74, 6) is 0.320. The summed E-state index contributed by atoms with van der Waals surface area (Å²) in [7, 11) is 0. The van der Waals surface area contributed by atoms with Gasteiger partial charge in [-0.05, 0) is 44.6 Å². The molecule has 3 fully saturated rings. The van der Waals surface area contributed by atoms with E-state index in [1.54, 1.807) is 23.4 Å². The van der Waals surface area contributed by atoms with Crippen LogP contribution in [0.4, 0.5) is 10.3 Å². The second kappa shape index (κ2) is 5.95. The first-order chi connectivity index (χ1) is 11.6. The average molecular weight is 334 g/mol. The van der Waals surface area contributed by atoms with E-state index in [9.17, 15) is 9.18 Å². The number of carbonyl (C=O) groups is 1. The maximum atomic E-state index is 14.0. The lowest BCUT2D eigenvalue weighted by Crippen LogP contribution is -2.54. The summed E-state index contributed by atoms with van der Waals surface area (Å²) in [6.07, 6.45) is 7.52. The van der Waals surface area contributed by atoms with Crippen LogP contribution in [0, 0.1) is 0 Å². The highest BCUT2D eigenvalue weighted by Gasteiger charge is 2.54. The van der Waals surface area contributed by atoms with E-state index in [4.69, 9.17) is 4.74 Å². The Labute approximate surface area is 140 Å². The molecule has 1 atom stereocenters. The normalized spacial score (nSPS) is 27.7. The number of hydrogen-bond acceptors (Lipinski definition) is 5. The lowest BCUT2D eigenvalue weighted by atomic mass is 9.82. The number of piperidine rings is 1. The number of anilines is 1. The topological polar surface area (TPSA) is 67.4 Å². The largest absolute Gasteiger partial charge is 0.375 e. The second-order valence-electron chi connectivity index (χ2n) is 7.20. The zero-order chi connectivity index (χ0) is 16.6. The van der Waals surface area contributed by atoms with Crippen LogP contribution in [0.2, 0.25) is 0 Å². The minimum atomic E-state index is -1.56. The number of aromatic nitrogens is 2. The molecule has 24 heavy (non-hydrogen) atoms. The van der Waals surface area contributed by atoms with Gasteiger partial charge in [0.25, 0.3) is 5.91 Å². The molecule has 1 unspecified atom stereocenters. The van der Waals surface area contributed by atoms with Crippen molar-refractivity contribution < 1.29 is 13.9 Å². The molecule has 1 saturated carbocycles. The van der Waals surface area contributed by atoms with Crippen LogP contribution in [-0.2, 0) is 9.53 Å². The molecular weight excluding hydrogens is 311 g/mol. The van der Waals surface area contributed by atoms with Gasteiger partial charge in [0.05, 0.1) is 5.60 Å². The van der Waals surface area contributed by atoms with E-state index in [1.165, 1.54) is 0 Å². The molecule has 0 aromatic carbocycles. The van der Waals surface area contributed by atoms with E-state index in [1.807, 2.05) is 0 Å². The fourth-order valence-electron chi connectivity index (χ4n) is 3.78. The smallest absolute Gasteiger partial charge is 0.260 e. The summed E-state index contributed by atoms with van der Waals surface area (Å²) in [5, 5.41) is 3.38. The van der Waals surface area contributed by atoms with Crippen molar-refractivity contribution in [3.05, 3.63) is 18.5 Å². The summed E-state index contributed by atoms with van der Waals surface area (Å²) >= 11 is 0. The molecular formula is C17H23FN4O2. The van der Waals surface area contributed by atoms with Gasteiger partial charge in [0, 0.05) is 38.1 Å². The molecule has 0 radical (unpaired) electrons. The molecule has 4 rings (SSSR count). The third-order valence-electron chi connectivity index (χ3n) is 5.43. The molecule has 1 aromatic rings. The van der Waals surface area contributed by atoms with Crippen LogP contribution in [-0.4, -0.2) is 57.8 Å². The molecule has 1 aromatic heterocycles. The van der Waals surface area contributed by atoms with Crippen LogP contribution in [0.5, 0.6) is 0 Å². The molecule has 3 aliphatic rings. The van der Waals surface area contributed by atoms with Gasteiger partial charge < -0.3 is 15.0 Å². The zero-order valence-electron chi connectivity index (χ0n) is 13.7. The molecule has 7 heteroatoms. The van der Waals surface area contributed by atoms with Crippen LogP contribution in [0.1, 0.15) is 38.5 Å². The van der Waals surface area contributed by atoms with Gasteiger partial charge in [-0.2, -0.15) is 0 Å². The number of alkyl halides is 1. The van der Waals surface area contributed by atoms with Gasteiger partial charge in [0.15, 0.2) is 5.67 Å². The molecule has 6 nitrogen and oxygen atoms in total. The van der Waals surface area contributed by atoms with Crippen molar-refractivity contribution in [1.29, 1.82) is 0 Å². The monoisotopic (exact) mass is 334 g/mol. The SMILES string of the molecule is O=C(N1CCC2(CC1)CC(Nc1ncccn1)CCO2)C1(F)CC1. The minimum Gasteiger partial charge on any atom is -0.375 e. The van der Waals surface area contributed by atoms with Gasteiger partial charge >= 0.3 is 0 Å². The third-order valence-corrected chi connectivity index (χ3v) is 5.43. The van der Waals surface area contributed by atoms with E-state index >= 15 is 0 Å². The number of hydrogen-bond donors (Lipinski definition) is 1. The van der Waals surface area contributed by atoms with Crippen LogP contribution >= 0.6 is 0 Å². The number of carbonyl (C=O) groups excluding carboxylic acids is 1. The highest BCUT2D eigenvalue weighted by Crippen LogP contribution is 2.43. The Morgan fingerprint density at radius 1 is 1.25 bits per heavy atom. The molecule has 3 heterocycles. The minimum absolute atomic E-state index is 0.214. The summed E-state index contributed by atoms with van der Waals surface area (Å²) in [6, 6.07) is 2.06. The van der Waals surface area contributed by atoms with Crippen molar-refractivity contribution in [3.63, 3.8) is 0 Å². The first-order valence-corrected chi connectivity index (χ1v) is 8.75. The Hall–Kier alpha value is -1.76. The predicted octanol–water partition coefficient (Wildman–Crippen LogP) is 1.93. The number of rotatable bonds is 3. The van der Waals surface area contributed by atoms with Gasteiger partial charge in [-0.15, -0.1) is 0 Å². The van der Waals surface area contributed by atoms with Crippen molar-refractivity contribution in [2.45, 2.75) is 55.8 Å². The molecule has 2 aliphatic heterocycles. The molecule has 1 N–H and O–H groups in total. The Kier molecular flexibility index (Phi) is 3.90. The van der Waals surface area contributed by atoms with Crippen molar-refractivity contribution >= 4 is 11.9 Å². The summed E-state index contributed by atoms with van der Waals surface area (Å²) in [5.41, 5.74) is -1.78. The number of amides is 1. The van der Waals surface area contributed by atoms with Crippen LogP contribution in [0.25, 0.3) is 0 Å². The maximum absolute atomic E-state index is 14.0. The Morgan fingerprint density at radius 3 is 2.62 bits per heavy atom. The van der Waals surface area contributed by atoms with E-state index in [-0.39, 0.29) is 17.6 Å². The first-order valence-electron chi connectivity index (χ1n) is 8.75. The molecule has 1 spiro atoms. The highest BCUT2D eigenvalue weighted by atomic mass is 19.1. The first kappa shape index (κ1) is 15.7.